The molecule has 1 aromatic heterocycles. The van der Waals surface area contributed by atoms with E-state index < -0.39 is 0 Å². The highest BCUT2D eigenvalue weighted by molar-refractivity contribution is 7.99. The van der Waals surface area contributed by atoms with Crippen LogP contribution in [0.1, 0.15) is 36.0 Å². The van der Waals surface area contributed by atoms with Gasteiger partial charge in [-0.3, -0.25) is 4.98 Å². The molecule has 2 heterocycles. The number of aryl methyl sites for hydroxylation is 1. The molecular formula is C20H21NS. The Morgan fingerprint density at radius 3 is 2.68 bits per heavy atom. The van der Waals surface area contributed by atoms with Gasteiger partial charge in [-0.25, -0.2) is 0 Å². The molecule has 0 bridgehead atoms. The summed E-state index contributed by atoms with van der Waals surface area (Å²) >= 11 is 1.97. The highest BCUT2D eigenvalue weighted by atomic mass is 32.2. The van der Waals surface area contributed by atoms with Crippen LogP contribution in [0.2, 0.25) is 0 Å². The molecule has 0 spiro atoms. The molecule has 0 saturated heterocycles. The van der Waals surface area contributed by atoms with Gasteiger partial charge in [0.1, 0.15) is 0 Å². The monoisotopic (exact) mass is 307 g/mol. The van der Waals surface area contributed by atoms with Crippen LogP contribution in [0.4, 0.5) is 0 Å². The molecule has 0 N–H and O–H groups in total. The third-order valence-electron chi connectivity index (χ3n) is 4.12. The summed E-state index contributed by atoms with van der Waals surface area (Å²) in [6.07, 6.45) is 8.04. The largest absolute Gasteiger partial charge is 0.264 e. The van der Waals surface area contributed by atoms with Crippen molar-refractivity contribution < 1.29 is 0 Å². The normalized spacial score (nSPS) is 13.5. The number of allylic oxidation sites excluding steroid dienone is 2. The number of fused-ring (bicyclic) bond motifs is 1. The Kier molecular flexibility index (Phi) is 4.79. The summed E-state index contributed by atoms with van der Waals surface area (Å²) < 4.78 is 0. The van der Waals surface area contributed by atoms with Crippen molar-refractivity contribution in [2.24, 2.45) is 0 Å². The zero-order valence-electron chi connectivity index (χ0n) is 12.8. The Bertz CT molecular complexity index is 688. The second-order valence-corrected chi connectivity index (χ2v) is 6.86. The van der Waals surface area contributed by atoms with E-state index in [1.165, 1.54) is 40.2 Å². The molecule has 1 nitrogen and oxygen atoms in total. The number of nitrogens with zero attached hydrogens (tertiary/aromatic N) is 1. The highest BCUT2D eigenvalue weighted by Crippen LogP contribution is 2.33. The molecule has 1 aliphatic heterocycles. The van der Waals surface area contributed by atoms with Crippen molar-refractivity contribution >= 4 is 22.9 Å². The predicted octanol–water partition coefficient (Wildman–Crippen LogP) is 5.63. The van der Waals surface area contributed by atoms with E-state index in [2.05, 4.69) is 42.4 Å². The predicted molar refractivity (Wildman–Crippen MR) is 97.0 cm³/mol. The summed E-state index contributed by atoms with van der Waals surface area (Å²) in [4.78, 5) is 5.59. The average molecular weight is 307 g/mol. The van der Waals surface area contributed by atoms with Crippen LogP contribution in [0, 0.1) is 0 Å². The first-order valence-corrected chi connectivity index (χ1v) is 8.74. The first-order chi connectivity index (χ1) is 10.7. The summed E-state index contributed by atoms with van der Waals surface area (Å²) in [5, 5.41) is 0. The molecule has 0 radical (unpaired) electrons. The molecule has 2 aromatic rings. The fraction of sp³-hybridized carbons (Fsp3) is 0.250. The van der Waals surface area contributed by atoms with Gasteiger partial charge in [0.05, 0.1) is 0 Å². The molecule has 0 saturated carbocycles. The quantitative estimate of drug-likeness (QED) is 0.710. The van der Waals surface area contributed by atoms with Crippen LogP contribution < -0.4 is 0 Å². The number of aromatic nitrogens is 1. The van der Waals surface area contributed by atoms with Crippen LogP contribution in [0.5, 0.6) is 0 Å². The number of hydrogen-bond donors (Lipinski definition) is 0. The van der Waals surface area contributed by atoms with Gasteiger partial charge in [-0.05, 0) is 71.4 Å². The third-order valence-corrected chi connectivity index (χ3v) is 5.31. The van der Waals surface area contributed by atoms with E-state index in [0.717, 1.165) is 24.0 Å². The van der Waals surface area contributed by atoms with Gasteiger partial charge in [0.2, 0.25) is 0 Å². The first-order valence-electron chi connectivity index (χ1n) is 7.76. The van der Waals surface area contributed by atoms with Crippen molar-refractivity contribution in [1.29, 1.82) is 0 Å². The van der Waals surface area contributed by atoms with Gasteiger partial charge in [-0.1, -0.05) is 31.4 Å². The molecule has 112 valence electrons. The Hall–Kier alpha value is -1.80. The van der Waals surface area contributed by atoms with E-state index in [4.69, 9.17) is 0 Å². The van der Waals surface area contributed by atoms with Crippen molar-refractivity contribution in [1.82, 2.24) is 4.98 Å². The zero-order chi connectivity index (χ0) is 15.4. The van der Waals surface area contributed by atoms with Crippen molar-refractivity contribution in [3.05, 3.63) is 72.6 Å². The van der Waals surface area contributed by atoms with Crippen molar-refractivity contribution in [3.8, 4) is 0 Å². The number of hydrogen-bond acceptors (Lipinski definition) is 2. The Morgan fingerprint density at radius 2 is 1.91 bits per heavy atom. The fourth-order valence-corrected chi connectivity index (χ4v) is 3.80. The van der Waals surface area contributed by atoms with Crippen LogP contribution in [-0.2, 0) is 6.42 Å². The lowest BCUT2D eigenvalue weighted by molar-refractivity contribution is 0.889. The second kappa shape index (κ2) is 6.97. The standard InChI is InChI=1S/C20H21NS/c1-15(7-8-16(2)19-5-3-11-21-14-19)18-10-9-17-6-4-12-22-20(17)13-18/h3,5,9-11,13-14H,1-2,4,6-8,12H2. The summed E-state index contributed by atoms with van der Waals surface area (Å²) in [5.41, 5.74) is 6.21. The van der Waals surface area contributed by atoms with Crippen LogP contribution in [-0.4, -0.2) is 10.7 Å². The van der Waals surface area contributed by atoms with Crippen LogP contribution in [0.15, 0.2) is 60.8 Å². The second-order valence-electron chi connectivity index (χ2n) is 5.72. The zero-order valence-corrected chi connectivity index (χ0v) is 13.7. The van der Waals surface area contributed by atoms with Gasteiger partial charge in [-0.15, -0.1) is 11.8 Å². The molecule has 0 atom stereocenters. The maximum Gasteiger partial charge on any atom is 0.0342 e. The number of pyridine rings is 1. The molecule has 1 aromatic carbocycles. The minimum absolute atomic E-state index is 0.925. The molecule has 0 unspecified atom stereocenters. The maximum atomic E-state index is 4.27. The molecule has 2 heteroatoms. The van der Waals surface area contributed by atoms with E-state index in [0.29, 0.717) is 0 Å². The maximum absolute atomic E-state index is 4.27. The van der Waals surface area contributed by atoms with Crippen LogP contribution >= 0.6 is 11.8 Å². The van der Waals surface area contributed by atoms with Crippen molar-refractivity contribution in [2.45, 2.75) is 30.6 Å². The lowest BCUT2D eigenvalue weighted by Gasteiger charge is -2.17. The molecule has 0 amide bonds. The van der Waals surface area contributed by atoms with Gasteiger partial charge in [-0.2, -0.15) is 0 Å². The van der Waals surface area contributed by atoms with Crippen molar-refractivity contribution in [3.63, 3.8) is 0 Å². The molecule has 0 fully saturated rings. The molecular weight excluding hydrogens is 286 g/mol. The molecule has 3 rings (SSSR count). The summed E-state index contributed by atoms with van der Waals surface area (Å²) in [6.45, 7) is 8.45. The van der Waals surface area contributed by atoms with Crippen LogP contribution in [0.25, 0.3) is 11.1 Å². The number of rotatable bonds is 5. The fourth-order valence-electron chi connectivity index (χ4n) is 2.72. The minimum Gasteiger partial charge on any atom is -0.264 e. The van der Waals surface area contributed by atoms with Crippen LogP contribution in [0.3, 0.4) is 0 Å². The SMILES string of the molecule is C=C(CCC(=C)c1ccc2c(c1)SCCC2)c1cccnc1. The first kappa shape index (κ1) is 15.1. The highest BCUT2D eigenvalue weighted by Gasteiger charge is 2.11. The van der Waals surface area contributed by atoms with E-state index in [1.54, 1.807) is 6.20 Å². The lowest BCUT2D eigenvalue weighted by atomic mass is 9.96. The van der Waals surface area contributed by atoms with Gasteiger partial charge >= 0.3 is 0 Å². The summed E-state index contributed by atoms with van der Waals surface area (Å²) in [6, 6.07) is 10.8. The summed E-state index contributed by atoms with van der Waals surface area (Å²) in [5.74, 6) is 1.24. The minimum atomic E-state index is 0.925. The average Bonchev–Trinajstić information content (AvgIpc) is 2.59. The smallest absolute Gasteiger partial charge is 0.0342 e. The molecule has 22 heavy (non-hydrogen) atoms. The van der Waals surface area contributed by atoms with E-state index in [9.17, 15) is 0 Å². The van der Waals surface area contributed by atoms with Gasteiger partial charge in [0.25, 0.3) is 0 Å². The Labute approximate surface area is 137 Å². The third kappa shape index (κ3) is 3.50. The van der Waals surface area contributed by atoms with E-state index in [1.807, 2.05) is 24.0 Å². The Morgan fingerprint density at radius 1 is 1.09 bits per heavy atom. The number of thioether (sulfide) groups is 1. The molecule has 0 aliphatic carbocycles. The van der Waals surface area contributed by atoms with Gasteiger partial charge < -0.3 is 0 Å². The summed E-state index contributed by atoms with van der Waals surface area (Å²) in [7, 11) is 0. The van der Waals surface area contributed by atoms with Crippen molar-refractivity contribution in [2.75, 3.05) is 5.75 Å². The molecule has 1 aliphatic rings. The van der Waals surface area contributed by atoms with Gasteiger partial charge in [0.15, 0.2) is 0 Å². The van der Waals surface area contributed by atoms with E-state index >= 15 is 0 Å². The van der Waals surface area contributed by atoms with E-state index in [-0.39, 0.29) is 0 Å². The number of benzene rings is 1. The van der Waals surface area contributed by atoms with Gasteiger partial charge in [0, 0.05) is 17.3 Å². The topological polar surface area (TPSA) is 12.9 Å². The Balaban J connectivity index is 1.64. The lowest BCUT2D eigenvalue weighted by Crippen LogP contribution is -1.99.